The van der Waals surface area contributed by atoms with Crippen LogP contribution in [0.3, 0.4) is 0 Å². The number of nitrogens with one attached hydrogen (secondary N) is 1. The zero-order valence-corrected chi connectivity index (χ0v) is 11.9. The summed E-state index contributed by atoms with van der Waals surface area (Å²) >= 11 is 0. The number of carbonyl (C=O) groups excluding carboxylic acids is 2. The average Bonchev–Trinajstić information content (AvgIpc) is 2.38. The lowest BCUT2D eigenvalue weighted by Crippen LogP contribution is -2.50. The summed E-state index contributed by atoms with van der Waals surface area (Å²) in [6.45, 7) is 4.03. The van der Waals surface area contributed by atoms with E-state index in [-0.39, 0.29) is 17.6 Å². The van der Waals surface area contributed by atoms with Crippen molar-refractivity contribution in [1.82, 2.24) is 5.32 Å². The maximum atomic E-state index is 13.5. The van der Waals surface area contributed by atoms with Gasteiger partial charge in [0.25, 0.3) is 0 Å². The molecule has 1 fully saturated rings. The van der Waals surface area contributed by atoms with E-state index in [4.69, 9.17) is 0 Å². The Labute approximate surface area is 118 Å². The molecule has 20 heavy (non-hydrogen) atoms. The van der Waals surface area contributed by atoms with Crippen LogP contribution < -0.4 is 5.32 Å². The van der Waals surface area contributed by atoms with E-state index in [0.29, 0.717) is 12.0 Å². The molecule has 2 amide bonds. The average molecular weight is 277 g/mol. The number of hydrogen-bond donors (Lipinski definition) is 1. The number of imide groups is 1. The van der Waals surface area contributed by atoms with Gasteiger partial charge in [0, 0.05) is 6.42 Å². The molecule has 108 valence electrons. The van der Waals surface area contributed by atoms with E-state index in [9.17, 15) is 14.0 Å². The van der Waals surface area contributed by atoms with E-state index >= 15 is 0 Å². The van der Waals surface area contributed by atoms with Crippen molar-refractivity contribution in [1.29, 1.82) is 0 Å². The smallest absolute Gasteiger partial charge is 0.234 e. The first kappa shape index (κ1) is 14.7. The summed E-state index contributed by atoms with van der Waals surface area (Å²) in [6, 6.07) is 6.15. The van der Waals surface area contributed by atoms with Crippen LogP contribution in [0, 0.1) is 11.2 Å². The number of halogens is 1. The van der Waals surface area contributed by atoms with E-state index in [1.54, 1.807) is 12.1 Å². The summed E-state index contributed by atoms with van der Waals surface area (Å²) in [5.41, 5.74) is 0.257. The molecule has 2 rings (SSSR count). The van der Waals surface area contributed by atoms with Crippen molar-refractivity contribution < 1.29 is 14.0 Å². The van der Waals surface area contributed by atoms with E-state index in [1.807, 2.05) is 13.8 Å². The van der Waals surface area contributed by atoms with Gasteiger partial charge < -0.3 is 0 Å². The highest BCUT2D eigenvalue weighted by atomic mass is 19.1. The van der Waals surface area contributed by atoms with Crippen molar-refractivity contribution >= 4 is 11.8 Å². The first-order valence-electron chi connectivity index (χ1n) is 7.11. The fourth-order valence-electron chi connectivity index (χ4n) is 3.38. The maximum absolute atomic E-state index is 13.5. The molecule has 2 atom stereocenters. The minimum absolute atomic E-state index is 0.224. The second kappa shape index (κ2) is 5.73. The Morgan fingerprint density at radius 2 is 2.10 bits per heavy atom. The number of amides is 2. The van der Waals surface area contributed by atoms with Gasteiger partial charge in [0.2, 0.25) is 11.8 Å². The molecule has 0 saturated carbocycles. The molecule has 3 nitrogen and oxygen atoms in total. The predicted octanol–water partition coefficient (Wildman–Crippen LogP) is 3.15. The van der Waals surface area contributed by atoms with Gasteiger partial charge in [-0.25, -0.2) is 4.39 Å². The van der Waals surface area contributed by atoms with Crippen LogP contribution in [-0.4, -0.2) is 11.8 Å². The van der Waals surface area contributed by atoms with Gasteiger partial charge in [-0.05, 0) is 36.0 Å². The summed E-state index contributed by atoms with van der Waals surface area (Å²) in [5, 5.41) is 2.39. The first-order chi connectivity index (χ1) is 9.52. The minimum atomic E-state index is -0.458. The summed E-state index contributed by atoms with van der Waals surface area (Å²) < 4.78 is 13.5. The fourth-order valence-corrected chi connectivity index (χ4v) is 3.38. The maximum Gasteiger partial charge on any atom is 0.234 e. The largest absolute Gasteiger partial charge is 0.296 e. The molecule has 1 N–H and O–H groups in total. The molecule has 2 unspecified atom stereocenters. The molecule has 1 aliphatic rings. The van der Waals surface area contributed by atoms with Crippen molar-refractivity contribution in [3.05, 3.63) is 35.6 Å². The molecule has 1 aliphatic heterocycles. The van der Waals surface area contributed by atoms with E-state index in [2.05, 4.69) is 5.32 Å². The Hall–Kier alpha value is -1.71. The van der Waals surface area contributed by atoms with Crippen LogP contribution >= 0.6 is 0 Å². The van der Waals surface area contributed by atoms with Crippen molar-refractivity contribution in [3.8, 4) is 0 Å². The van der Waals surface area contributed by atoms with Gasteiger partial charge >= 0.3 is 0 Å². The van der Waals surface area contributed by atoms with Crippen LogP contribution in [0.2, 0.25) is 0 Å². The Bertz CT molecular complexity index is 529. The molecule has 1 aromatic carbocycles. The molecule has 0 radical (unpaired) electrons. The lowest BCUT2D eigenvalue weighted by atomic mass is 9.63. The third kappa shape index (κ3) is 2.60. The lowest BCUT2D eigenvalue weighted by Gasteiger charge is -2.42. The molecular formula is C16H20FNO2. The van der Waals surface area contributed by atoms with Crippen LogP contribution in [-0.2, 0) is 9.59 Å². The lowest BCUT2D eigenvalue weighted by molar-refractivity contribution is -0.140. The second-order valence-electron chi connectivity index (χ2n) is 5.54. The number of hydrogen-bond acceptors (Lipinski definition) is 2. The first-order valence-corrected chi connectivity index (χ1v) is 7.11. The van der Waals surface area contributed by atoms with E-state index < -0.39 is 11.3 Å². The summed E-state index contributed by atoms with van der Waals surface area (Å²) in [5.74, 6) is -1.34. The SMILES string of the molecule is CCCC1(CC)CC(=O)NC(=O)C1c1cccc(F)c1. The van der Waals surface area contributed by atoms with E-state index in [1.165, 1.54) is 12.1 Å². The number of benzene rings is 1. The van der Waals surface area contributed by atoms with Crippen LogP contribution in [0.1, 0.15) is 51.0 Å². The second-order valence-corrected chi connectivity index (χ2v) is 5.54. The van der Waals surface area contributed by atoms with Crippen molar-refractivity contribution in [2.75, 3.05) is 0 Å². The van der Waals surface area contributed by atoms with Gasteiger partial charge in [0.1, 0.15) is 5.82 Å². The summed E-state index contributed by atoms with van der Waals surface area (Å²) in [7, 11) is 0. The number of carbonyl (C=O) groups is 2. The minimum Gasteiger partial charge on any atom is -0.296 e. The standard InChI is InChI=1S/C16H20FNO2/c1-3-8-16(4-2)10-13(19)18-15(20)14(16)11-6-5-7-12(17)9-11/h5-7,9,14H,3-4,8,10H2,1-2H3,(H,18,19,20). The Kier molecular flexibility index (Phi) is 4.21. The van der Waals surface area contributed by atoms with Crippen LogP contribution in [0.15, 0.2) is 24.3 Å². The molecule has 1 heterocycles. The highest BCUT2D eigenvalue weighted by molar-refractivity contribution is 6.02. The molecule has 0 aliphatic carbocycles. The van der Waals surface area contributed by atoms with Gasteiger partial charge in [-0.3, -0.25) is 14.9 Å². The molecule has 1 saturated heterocycles. The highest BCUT2D eigenvalue weighted by Gasteiger charge is 2.47. The zero-order chi connectivity index (χ0) is 14.8. The Morgan fingerprint density at radius 1 is 1.35 bits per heavy atom. The normalized spacial score (nSPS) is 26.4. The molecular weight excluding hydrogens is 257 g/mol. The monoisotopic (exact) mass is 277 g/mol. The molecule has 0 bridgehead atoms. The van der Waals surface area contributed by atoms with Gasteiger partial charge in [-0.15, -0.1) is 0 Å². The fraction of sp³-hybridized carbons (Fsp3) is 0.500. The molecule has 4 heteroatoms. The third-order valence-electron chi connectivity index (χ3n) is 4.28. The Morgan fingerprint density at radius 3 is 2.70 bits per heavy atom. The predicted molar refractivity (Wildman–Crippen MR) is 74.5 cm³/mol. The quantitative estimate of drug-likeness (QED) is 0.859. The highest BCUT2D eigenvalue weighted by Crippen LogP contribution is 2.47. The van der Waals surface area contributed by atoms with Crippen LogP contribution in [0.5, 0.6) is 0 Å². The van der Waals surface area contributed by atoms with Gasteiger partial charge in [-0.2, -0.15) is 0 Å². The van der Waals surface area contributed by atoms with Gasteiger partial charge in [-0.1, -0.05) is 32.4 Å². The number of rotatable bonds is 4. The van der Waals surface area contributed by atoms with Gasteiger partial charge in [0.05, 0.1) is 5.92 Å². The molecule has 0 aromatic heterocycles. The van der Waals surface area contributed by atoms with Crippen molar-refractivity contribution in [2.45, 2.75) is 45.4 Å². The van der Waals surface area contributed by atoms with Gasteiger partial charge in [0.15, 0.2) is 0 Å². The summed E-state index contributed by atoms with van der Waals surface area (Å²) in [6.07, 6.45) is 2.72. The topological polar surface area (TPSA) is 46.2 Å². The van der Waals surface area contributed by atoms with Crippen LogP contribution in [0.25, 0.3) is 0 Å². The Balaban J connectivity index is 2.49. The summed E-state index contributed by atoms with van der Waals surface area (Å²) in [4.78, 5) is 24.1. The number of piperidine rings is 1. The molecule has 1 aromatic rings. The van der Waals surface area contributed by atoms with Crippen molar-refractivity contribution in [2.24, 2.45) is 5.41 Å². The zero-order valence-electron chi connectivity index (χ0n) is 11.9. The van der Waals surface area contributed by atoms with Crippen molar-refractivity contribution in [3.63, 3.8) is 0 Å². The van der Waals surface area contributed by atoms with E-state index in [0.717, 1.165) is 19.3 Å². The third-order valence-corrected chi connectivity index (χ3v) is 4.28. The molecule has 0 spiro atoms. The van der Waals surface area contributed by atoms with Crippen LogP contribution in [0.4, 0.5) is 4.39 Å².